The van der Waals surface area contributed by atoms with E-state index in [1.165, 1.54) is 31.2 Å². The molecule has 8 nitrogen and oxygen atoms in total. The highest BCUT2D eigenvalue weighted by Crippen LogP contribution is 2.29. The summed E-state index contributed by atoms with van der Waals surface area (Å²) in [7, 11) is 0. The predicted molar refractivity (Wildman–Crippen MR) is 103 cm³/mol. The topological polar surface area (TPSA) is 136 Å². The molecule has 0 radical (unpaired) electrons. The number of fused-ring (bicyclic) bond motifs is 1. The second kappa shape index (κ2) is 10.1. The number of hydrogen-bond acceptors (Lipinski definition) is 8. The van der Waals surface area contributed by atoms with E-state index in [0.29, 0.717) is 5.69 Å². The fourth-order valence-electron chi connectivity index (χ4n) is 2.74. The minimum absolute atomic E-state index is 0.129. The molecule has 0 fully saturated rings. The SMILES string of the molecule is C[C@H]1C/C=C(/F)C(=O)[C@@H](O)[C@@H](O)C/C=C/c2cc(NCCO)cc(O)c2C(=O)O1. The van der Waals surface area contributed by atoms with Crippen LogP contribution in [0.3, 0.4) is 0 Å². The highest BCUT2D eigenvalue weighted by molar-refractivity contribution is 5.98. The standard InChI is InChI=1S/C20H24FNO7/c1-11-5-6-14(21)18(26)19(27)15(24)4-2-3-12-9-13(22-7-8-23)10-16(25)17(12)20(28)29-11/h2-3,6,9-11,15,19,22-25,27H,4-5,7-8H2,1H3/b3-2+,14-6+/t11-,15-,19-/m0/s1. The number of carbonyl (C=O) groups excluding carboxylic acids is 2. The zero-order chi connectivity index (χ0) is 21.6. The Bertz CT molecular complexity index is 821. The summed E-state index contributed by atoms with van der Waals surface area (Å²) < 4.78 is 19.1. The highest BCUT2D eigenvalue weighted by Gasteiger charge is 2.27. The van der Waals surface area contributed by atoms with Gasteiger partial charge in [-0.2, -0.15) is 0 Å². The molecular formula is C20H24FNO7. The number of nitrogens with one attached hydrogen (secondary N) is 1. The summed E-state index contributed by atoms with van der Waals surface area (Å²) in [6, 6.07) is 2.83. The Morgan fingerprint density at radius 1 is 1.24 bits per heavy atom. The molecule has 0 aromatic heterocycles. The maximum Gasteiger partial charge on any atom is 0.342 e. The van der Waals surface area contributed by atoms with Crippen molar-refractivity contribution in [3.63, 3.8) is 0 Å². The van der Waals surface area contributed by atoms with Gasteiger partial charge in [0.05, 0.1) is 12.7 Å². The number of aromatic hydroxyl groups is 1. The van der Waals surface area contributed by atoms with E-state index in [4.69, 9.17) is 9.84 Å². The van der Waals surface area contributed by atoms with Gasteiger partial charge in [0.1, 0.15) is 23.5 Å². The number of hydrogen-bond donors (Lipinski definition) is 5. The monoisotopic (exact) mass is 409 g/mol. The second-order valence-electron chi connectivity index (χ2n) is 6.63. The van der Waals surface area contributed by atoms with E-state index in [1.54, 1.807) is 0 Å². The van der Waals surface area contributed by atoms with Crippen LogP contribution in [-0.2, 0) is 9.53 Å². The van der Waals surface area contributed by atoms with Gasteiger partial charge in [-0.3, -0.25) is 4.79 Å². The molecule has 0 spiro atoms. The van der Waals surface area contributed by atoms with Crippen molar-refractivity contribution in [2.45, 2.75) is 38.1 Å². The molecule has 1 aliphatic heterocycles. The summed E-state index contributed by atoms with van der Waals surface area (Å²) in [4.78, 5) is 24.4. The molecule has 9 heteroatoms. The number of ether oxygens (including phenoxy) is 1. The molecule has 1 aliphatic rings. The molecule has 0 amide bonds. The predicted octanol–water partition coefficient (Wildman–Crippen LogP) is 1.29. The summed E-state index contributed by atoms with van der Waals surface area (Å²) in [5.74, 6) is -3.70. The van der Waals surface area contributed by atoms with Gasteiger partial charge < -0.3 is 30.5 Å². The number of Topliss-reactive ketones (excluding diaryl/α,β-unsaturated/α-hetero) is 1. The second-order valence-corrected chi connectivity index (χ2v) is 6.63. The zero-order valence-electron chi connectivity index (χ0n) is 15.8. The number of carbonyl (C=O) groups is 2. The number of aliphatic hydroxyl groups excluding tert-OH is 3. The van der Waals surface area contributed by atoms with Crippen molar-refractivity contribution in [3.8, 4) is 5.75 Å². The third-order valence-corrected chi connectivity index (χ3v) is 4.27. The molecule has 158 valence electrons. The molecule has 1 aromatic carbocycles. The van der Waals surface area contributed by atoms with E-state index in [1.807, 2.05) is 0 Å². The van der Waals surface area contributed by atoms with Crippen molar-refractivity contribution in [2.75, 3.05) is 18.5 Å². The van der Waals surface area contributed by atoms with E-state index < -0.39 is 35.9 Å². The van der Waals surface area contributed by atoms with Crippen LogP contribution < -0.4 is 5.32 Å². The molecule has 1 aromatic rings. The number of esters is 1. The smallest absolute Gasteiger partial charge is 0.342 e. The van der Waals surface area contributed by atoms with E-state index in [2.05, 4.69) is 5.32 Å². The van der Waals surface area contributed by atoms with Crippen molar-refractivity contribution < 1.29 is 39.1 Å². The van der Waals surface area contributed by atoms with Crippen LogP contribution in [0.4, 0.5) is 10.1 Å². The normalized spacial score (nSPS) is 26.5. The van der Waals surface area contributed by atoms with Crippen LogP contribution >= 0.6 is 0 Å². The van der Waals surface area contributed by atoms with Gasteiger partial charge in [0.25, 0.3) is 0 Å². The number of phenols is 1. The zero-order valence-corrected chi connectivity index (χ0v) is 15.8. The highest BCUT2D eigenvalue weighted by atomic mass is 19.1. The van der Waals surface area contributed by atoms with Crippen LogP contribution in [0.1, 0.15) is 35.7 Å². The van der Waals surface area contributed by atoms with Crippen LogP contribution in [0.25, 0.3) is 6.08 Å². The van der Waals surface area contributed by atoms with E-state index >= 15 is 0 Å². The van der Waals surface area contributed by atoms with E-state index in [9.17, 15) is 29.3 Å². The lowest BCUT2D eigenvalue weighted by Gasteiger charge is -2.17. The summed E-state index contributed by atoms with van der Waals surface area (Å²) in [6.07, 6.45) is -1.02. The number of rotatable bonds is 3. The third-order valence-electron chi connectivity index (χ3n) is 4.27. The van der Waals surface area contributed by atoms with Crippen LogP contribution in [-0.4, -0.2) is 63.6 Å². The first-order valence-corrected chi connectivity index (χ1v) is 9.09. The number of halogens is 1. The number of benzene rings is 1. The van der Waals surface area contributed by atoms with Gasteiger partial charge in [0.15, 0.2) is 5.83 Å². The Morgan fingerprint density at radius 3 is 2.66 bits per heavy atom. The molecule has 0 unspecified atom stereocenters. The number of phenolic OH excluding ortho intramolecular Hbond substituents is 1. The van der Waals surface area contributed by atoms with E-state index in [-0.39, 0.29) is 42.9 Å². The Morgan fingerprint density at radius 2 is 1.97 bits per heavy atom. The molecule has 0 aliphatic carbocycles. The largest absolute Gasteiger partial charge is 0.507 e. The summed E-state index contributed by atoms with van der Waals surface area (Å²) in [5, 5.41) is 41.9. The van der Waals surface area contributed by atoms with Crippen molar-refractivity contribution in [3.05, 3.63) is 41.2 Å². The minimum atomic E-state index is -1.94. The molecule has 3 atom stereocenters. The van der Waals surface area contributed by atoms with Gasteiger partial charge in [-0.1, -0.05) is 12.2 Å². The molecule has 0 saturated carbocycles. The minimum Gasteiger partial charge on any atom is -0.507 e. The summed E-state index contributed by atoms with van der Waals surface area (Å²) in [5.41, 5.74) is 0.562. The number of ketones is 1. The van der Waals surface area contributed by atoms with Gasteiger partial charge in [0.2, 0.25) is 5.78 Å². The lowest BCUT2D eigenvalue weighted by molar-refractivity contribution is -0.130. The van der Waals surface area contributed by atoms with Crippen molar-refractivity contribution >= 4 is 23.5 Å². The summed E-state index contributed by atoms with van der Waals surface area (Å²) in [6.45, 7) is 1.55. The Kier molecular flexibility index (Phi) is 7.89. The Hall–Kier alpha value is -2.75. The van der Waals surface area contributed by atoms with Gasteiger partial charge in [0, 0.05) is 24.7 Å². The molecule has 0 bridgehead atoms. The fourth-order valence-corrected chi connectivity index (χ4v) is 2.74. The lowest BCUT2D eigenvalue weighted by atomic mass is 10.0. The first kappa shape index (κ1) is 22.5. The number of cyclic esters (lactones) is 1. The van der Waals surface area contributed by atoms with Crippen LogP contribution in [0.15, 0.2) is 30.1 Å². The molecular weight excluding hydrogens is 385 g/mol. The van der Waals surface area contributed by atoms with Crippen molar-refractivity contribution in [2.24, 2.45) is 0 Å². The van der Waals surface area contributed by atoms with Crippen LogP contribution in [0.2, 0.25) is 0 Å². The summed E-state index contributed by atoms with van der Waals surface area (Å²) >= 11 is 0. The van der Waals surface area contributed by atoms with Gasteiger partial charge >= 0.3 is 5.97 Å². The van der Waals surface area contributed by atoms with Crippen molar-refractivity contribution in [1.82, 2.24) is 0 Å². The molecule has 1 heterocycles. The van der Waals surface area contributed by atoms with Crippen molar-refractivity contribution in [1.29, 1.82) is 0 Å². The quantitative estimate of drug-likeness (QED) is 0.471. The molecule has 2 rings (SSSR count). The maximum atomic E-state index is 13.9. The van der Waals surface area contributed by atoms with Gasteiger partial charge in [-0.05, 0) is 31.1 Å². The average molecular weight is 409 g/mol. The lowest BCUT2D eigenvalue weighted by Crippen LogP contribution is -2.34. The number of aliphatic hydroxyl groups is 3. The average Bonchev–Trinajstić information content (AvgIpc) is 2.68. The molecule has 5 N–H and O–H groups in total. The van der Waals surface area contributed by atoms with Gasteiger partial charge in [-0.15, -0.1) is 0 Å². The Balaban J connectivity index is 2.46. The molecule has 29 heavy (non-hydrogen) atoms. The maximum absolute atomic E-state index is 13.9. The van der Waals surface area contributed by atoms with Crippen LogP contribution in [0.5, 0.6) is 5.75 Å². The van der Waals surface area contributed by atoms with Crippen LogP contribution in [0, 0.1) is 0 Å². The number of anilines is 1. The molecule has 0 saturated heterocycles. The first-order chi connectivity index (χ1) is 13.7. The Labute approximate surface area is 166 Å². The van der Waals surface area contributed by atoms with Gasteiger partial charge in [-0.25, -0.2) is 9.18 Å². The first-order valence-electron chi connectivity index (χ1n) is 9.09. The third kappa shape index (κ3) is 5.86. The fraction of sp³-hybridized carbons (Fsp3) is 0.400. The van der Waals surface area contributed by atoms with E-state index in [0.717, 1.165) is 6.08 Å².